The van der Waals surface area contributed by atoms with Gasteiger partial charge in [-0.2, -0.15) is 0 Å². The average molecular weight is 668 g/mol. The lowest BCUT2D eigenvalue weighted by Crippen LogP contribution is -2.02. The number of hydrogen-bond acceptors (Lipinski definition) is 5. The maximum absolute atomic E-state index is 11.7. The Hall–Kier alpha value is -7.11. The summed E-state index contributed by atoms with van der Waals surface area (Å²) in [6, 6.07) is 56.9. The summed E-state index contributed by atoms with van der Waals surface area (Å²) < 4.78 is 6.32. The number of aromatic hydroxyl groups is 1. The Morgan fingerprint density at radius 1 is 0.385 bits per heavy atom. The third-order valence-corrected chi connectivity index (χ3v) is 9.83. The minimum atomic E-state index is 0.134. The summed E-state index contributed by atoms with van der Waals surface area (Å²) >= 11 is 0. The Morgan fingerprint density at radius 3 is 1.85 bits per heavy atom. The van der Waals surface area contributed by atoms with Gasteiger partial charge in [0.05, 0.1) is 0 Å². The molecule has 0 unspecified atom stereocenters. The molecule has 0 saturated heterocycles. The molecule has 0 spiro atoms. The van der Waals surface area contributed by atoms with Crippen molar-refractivity contribution in [2.24, 2.45) is 0 Å². The van der Waals surface area contributed by atoms with Gasteiger partial charge in [-0.25, -0.2) is 15.0 Å². The van der Waals surface area contributed by atoms with Crippen LogP contribution in [-0.4, -0.2) is 20.1 Å². The Balaban J connectivity index is 1.29. The van der Waals surface area contributed by atoms with Crippen molar-refractivity contribution in [1.29, 1.82) is 0 Å². The number of nitrogens with zero attached hydrogens (tertiary/aromatic N) is 3. The highest BCUT2D eigenvalue weighted by atomic mass is 16.3. The maximum Gasteiger partial charge on any atom is 0.165 e. The van der Waals surface area contributed by atoms with E-state index in [0.717, 1.165) is 55.1 Å². The van der Waals surface area contributed by atoms with Crippen LogP contribution in [0.4, 0.5) is 0 Å². The zero-order valence-electron chi connectivity index (χ0n) is 27.9. The monoisotopic (exact) mass is 667 g/mol. The van der Waals surface area contributed by atoms with Crippen molar-refractivity contribution in [3.8, 4) is 62.2 Å². The summed E-state index contributed by atoms with van der Waals surface area (Å²) in [4.78, 5) is 15.5. The first kappa shape index (κ1) is 29.8. The van der Waals surface area contributed by atoms with E-state index in [2.05, 4.69) is 66.7 Å². The number of furan rings is 1. The number of hydrogen-bond donors (Lipinski definition) is 1. The van der Waals surface area contributed by atoms with Gasteiger partial charge in [0.15, 0.2) is 17.5 Å². The molecular weight excluding hydrogens is 639 g/mol. The molecule has 0 amide bonds. The van der Waals surface area contributed by atoms with Gasteiger partial charge in [-0.1, -0.05) is 140 Å². The van der Waals surface area contributed by atoms with E-state index in [0.29, 0.717) is 28.6 Å². The Kier molecular flexibility index (Phi) is 6.89. The Bertz CT molecular complexity index is 2970. The van der Waals surface area contributed by atoms with Gasteiger partial charge < -0.3 is 9.52 Å². The molecule has 52 heavy (non-hydrogen) atoms. The molecule has 0 atom stereocenters. The molecule has 1 N–H and O–H groups in total. The van der Waals surface area contributed by atoms with Crippen LogP contribution in [0.1, 0.15) is 0 Å². The van der Waals surface area contributed by atoms with E-state index >= 15 is 0 Å². The summed E-state index contributed by atoms with van der Waals surface area (Å²) in [6.45, 7) is 0. The predicted molar refractivity (Wildman–Crippen MR) is 211 cm³/mol. The molecule has 8 aromatic carbocycles. The van der Waals surface area contributed by atoms with Gasteiger partial charge >= 0.3 is 0 Å². The van der Waals surface area contributed by atoms with E-state index in [1.54, 1.807) is 6.07 Å². The number of rotatable bonds is 5. The highest BCUT2D eigenvalue weighted by Gasteiger charge is 2.24. The molecule has 10 aromatic rings. The van der Waals surface area contributed by atoms with Crippen LogP contribution in [-0.2, 0) is 0 Å². The van der Waals surface area contributed by atoms with Crippen LogP contribution in [0.3, 0.4) is 0 Å². The number of phenols is 1. The largest absolute Gasteiger partial charge is 0.507 e. The summed E-state index contributed by atoms with van der Waals surface area (Å²) in [5.74, 6) is 1.67. The third kappa shape index (κ3) is 4.90. The zero-order chi connectivity index (χ0) is 34.6. The molecule has 0 fully saturated rings. The van der Waals surface area contributed by atoms with Crippen LogP contribution in [0, 0.1) is 0 Å². The fourth-order valence-electron chi connectivity index (χ4n) is 7.43. The van der Waals surface area contributed by atoms with E-state index in [4.69, 9.17) is 19.4 Å². The predicted octanol–water partition coefficient (Wildman–Crippen LogP) is 12.1. The highest BCUT2D eigenvalue weighted by molar-refractivity contribution is 6.14. The van der Waals surface area contributed by atoms with Crippen molar-refractivity contribution in [2.75, 3.05) is 0 Å². The van der Waals surface area contributed by atoms with Crippen molar-refractivity contribution < 1.29 is 9.52 Å². The summed E-state index contributed by atoms with van der Waals surface area (Å²) in [5, 5.41) is 18.4. The van der Waals surface area contributed by atoms with Crippen molar-refractivity contribution in [3.63, 3.8) is 0 Å². The smallest absolute Gasteiger partial charge is 0.165 e. The van der Waals surface area contributed by atoms with E-state index in [1.807, 2.05) is 97.1 Å². The van der Waals surface area contributed by atoms with Crippen LogP contribution >= 0.6 is 0 Å². The van der Waals surface area contributed by atoms with Gasteiger partial charge in [0, 0.05) is 33.0 Å². The van der Waals surface area contributed by atoms with Gasteiger partial charge in [0.1, 0.15) is 16.9 Å². The van der Waals surface area contributed by atoms with Crippen LogP contribution < -0.4 is 0 Å². The van der Waals surface area contributed by atoms with Crippen LogP contribution in [0.15, 0.2) is 174 Å². The SMILES string of the molecule is Oc1ccc(-c2cccc3oc4ccccc4c23)c(-c2nc(-c3ccccc3)nc(-c3ccc4c(ccc5ccccc54)c3)n2)c1-c1ccccc1. The van der Waals surface area contributed by atoms with Crippen LogP contribution in [0.25, 0.3) is 99.9 Å². The van der Waals surface area contributed by atoms with Crippen LogP contribution in [0.5, 0.6) is 5.75 Å². The number of phenolic OH excluding ortho intramolecular Hbond substituents is 1. The molecule has 5 heteroatoms. The lowest BCUT2D eigenvalue weighted by Gasteiger charge is -2.18. The lowest BCUT2D eigenvalue weighted by molar-refractivity contribution is 0.477. The van der Waals surface area contributed by atoms with Gasteiger partial charge in [0.25, 0.3) is 0 Å². The van der Waals surface area contributed by atoms with Gasteiger partial charge in [0.2, 0.25) is 0 Å². The molecule has 5 nitrogen and oxygen atoms in total. The Labute approximate surface area is 299 Å². The normalized spacial score (nSPS) is 11.5. The van der Waals surface area contributed by atoms with E-state index in [-0.39, 0.29) is 5.75 Å². The molecule has 10 rings (SSSR count). The molecule has 0 aliphatic carbocycles. The molecule has 0 bridgehead atoms. The fourth-order valence-corrected chi connectivity index (χ4v) is 7.43. The van der Waals surface area contributed by atoms with E-state index in [1.165, 1.54) is 16.2 Å². The Morgan fingerprint density at radius 2 is 1.02 bits per heavy atom. The summed E-state index contributed by atoms with van der Waals surface area (Å²) in [7, 11) is 0. The summed E-state index contributed by atoms with van der Waals surface area (Å²) in [6.07, 6.45) is 0. The lowest BCUT2D eigenvalue weighted by atomic mass is 9.88. The molecule has 0 radical (unpaired) electrons. The number of para-hydroxylation sites is 1. The molecule has 2 heterocycles. The quantitative estimate of drug-likeness (QED) is 0.185. The van der Waals surface area contributed by atoms with Crippen molar-refractivity contribution in [1.82, 2.24) is 15.0 Å². The third-order valence-electron chi connectivity index (χ3n) is 9.83. The van der Waals surface area contributed by atoms with Gasteiger partial charge in [-0.05, 0) is 68.6 Å². The standard InChI is InChI=1S/C47H29N3O2/c51-39-27-26-37(36-19-11-21-41-43(36)38-18-9-10-20-40(38)52-41)44(42(39)30-13-3-1-4-14-30)47-49-45(31-15-5-2-6-16-31)48-46(50-47)33-24-25-35-32(28-33)23-22-29-12-7-8-17-34(29)35/h1-28,51H. The molecular formula is C47H29N3O2. The average Bonchev–Trinajstić information content (AvgIpc) is 3.60. The second-order valence-corrected chi connectivity index (χ2v) is 12.9. The van der Waals surface area contributed by atoms with Gasteiger partial charge in [-0.3, -0.25) is 0 Å². The topological polar surface area (TPSA) is 72.0 Å². The fraction of sp³-hybridized carbons (Fsp3) is 0. The first-order valence-corrected chi connectivity index (χ1v) is 17.3. The maximum atomic E-state index is 11.7. The number of benzene rings is 8. The second-order valence-electron chi connectivity index (χ2n) is 12.9. The van der Waals surface area contributed by atoms with Crippen molar-refractivity contribution in [2.45, 2.75) is 0 Å². The van der Waals surface area contributed by atoms with Crippen molar-refractivity contribution >= 4 is 43.5 Å². The first-order valence-electron chi connectivity index (χ1n) is 17.3. The molecule has 0 saturated carbocycles. The molecule has 2 aromatic heterocycles. The van der Waals surface area contributed by atoms with Crippen molar-refractivity contribution in [3.05, 3.63) is 170 Å². The minimum Gasteiger partial charge on any atom is -0.507 e. The van der Waals surface area contributed by atoms with Crippen LogP contribution in [0.2, 0.25) is 0 Å². The highest BCUT2D eigenvalue weighted by Crippen LogP contribution is 2.47. The minimum absolute atomic E-state index is 0.134. The summed E-state index contributed by atoms with van der Waals surface area (Å²) in [5.41, 5.74) is 7.35. The second kappa shape index (κ2) is 12.0. The van der Waals surface area contributed by atoms with Gasteiger partial charge in [-0.15, -0.1) is 0 Å². The number of aromatic nitrogens is 3. The molecule has 0 aliphatic heterocycles. The first-order chi connectivity index (χ1) is 25.7. The zero-order valence-corrected chi connectivity index (χ0v) is 27.9. The molecule has 244 valence electrons. The number of fused-ring (bicyclic) bond motifs is 6. The van der Waals surface area contributed by atoms with E-state index in [9.17, 15) is 5.11 Å². The molecule has 0 aliphatic rings. The van der Waals surface area contributed by atoms with E-state index < -0.39 is 0 Å².